The van der Waals surface area contributed by atoms with E-state index in [-0.39, 0.29) is 12.5 Å². The van der Waals surface area contributed by atoms with Gasteiger partial charge >= 0.3 is 0 Å². The topological polar surface area (TPSA) is 73.6 Å². The van der Waals surface area contributed by atoms with Crippen molar-refractivity contribution in [1.82, 2.24) is 5.43 Å². The highest BCUT2D eigenvalue weighted by Crippen LogP contribution is 2.28. The van der Waals surface area contributed by atoms with Gasteiger partial charge < -0.3 is 9.47 Å². The molecule has 0 spiro atoms. The van der Waals surface area contributed by atoms with Crippen LogP contribution in [0.4, 0.5) is 0 Å². The minimum Gasteiger partial charge on any atom is -0.490 e. The fraction of sp³-hybridized carbons (Fsp3) is 0.500. The van der Waals surface area contributed by atoms with Crippen molar-refractivity contribution >= 4 is 5.91 Å². The number of carbonyl (C=O) groups excluding carboxylic acids is 1. The van der Waals surface area contributed by atoms with Crippen LogP contribution in [0.1, 0.15) is 27.2 Å². The van der Waals surface area contributed by atoms with Crippen molar-refractivity contribution in [2.24, 2.45) is 11.3 Å². The molecule has 0 aromatic heterocycles. The molecule has 1 aromatic rings. The first kappa shape index (κ1) is 15.3. The van der Waals surface area contributed by atoms with Gasteiger partial charge in [-0.3, -0.25) is 10.2 Å². The van der Waals surface area contributed by atoms with E-state index in [1.165, 1.54) is 0 Å². The molecule has 19 heavy (non-hydrogen) atoms. The number of para-hydroxylation sites is 2. The standard InChI is InChI=1S/C14H22N2O3/c1-4-9-18-11-7-5-6-8-12(11)19-10-14(2,3)13(17)16-15/h5-8H,4,9-10,15H2,1-3H3,(H,16,17). The summed E-state index contributed by atoms with van der Waals surface area (Å²) in [7, 11) is 0. The fourth-order valence-electron chi connectivity index (χ4n) is 1.42. The molecule has 0 fully saturated rings. The van der Waals surface area contributed by atoms with Crippen LogP contribution < -0.4 is 20.7 Å². The minimum atomic E-state index is -0.702. The van der Waals surface area contributed by atoms with Crippen LogP contribution in [0.2, 0.25) is 0 Å². The van der Waals surface area contributed by atoms with Crippen LogP contribution in [0.3, 0.4) is 0 Å². The molecular weight excluding hydrogens is 244 g/mol. The molecule has 0 aliphatic rings. The smallest absolute Gasteiger partial charge is 0.242 e. The van der Waals surface area contributed by atoms with Gasteiger partial charge in [0, 0.05) is 0 Å². The molecule has 0 aliphatic heterocycles. The van der Waals surface area contributed by atoms with Gasteiger partial charge in [-0.25, -0.2) is 5.84 Å². The van der Waals surface area contributed by atoms with E-state index in [2.05, 4.69) is 5.43 Å². The van der Waals surface area contributed by atoms with Crippen LogP contribution in [-0.2, 0) is 4.79 Å². The number of hydrogen-bond acceptors (Lipinski definition) is 4. The first-order valence-corrected chi connectivity index (χ1v) is 6.37. The molecule has 0 atom stereocenters. The van der Waals surface area contributed by atoms with Gasteiger partial charge in [0.25, 0.3) is 0 Å². The molecule has 5 nitrogen and oxygen atoms in total. The summed E-state index contributed by atoms with van der Waals surface area (Å²) < 4.78 is 11.3. The lowest BCUT2D eigenvalue weighted by Crippen LogP contribution is -2.44. The van der Waals surface area contributed by atoms with E-state index in [1.54, 1.807) is 13.8 Å². The number of amides is 1. The summed E-state index contributed by atoms with van der Waals surface area (Å²) in [6.07, 6.45) is 0.926. The summed E-state index contributed by atoms with van der Waals surface area (Å²) in [6, 6.07) is 7.42. The number of hydrogen-bond donors (Lipinski definition) is 2. The Morgan fingerprint density at radius 2 is 1.84 bits per heavy atom. The number of nitrogens with one attached hydrogen (secondary N) is 1. The van der Waals surface area contributed by atoms with Crippen LogP contribution in [0.25, 0.3) is 0 Å². The van der Waals surface area contributed by atoms with E-state index in [1.807, 2.05) is 31.2 Å². The van der Waals surface area contributed by atoms with E-state index in [4.69, 9.17) is 15.3 Å². The molecule has 0 heterocycles. The number of ether oxygens (including phenoxy) is 2. The van der Waals surface area contributed by atoms with Crippen LogP contribution >= 0.6 is 0 Å². The molecule has 106 valence electrons. The quantitative estimate of drug-likeness (QED) is 0.449. The molecule has 5 heteroatoms. The average molecular weight is 266 g/mol. The van der Waals surface area contributed by atoms with E-state index in [9.17, 15) is 4.79 Å². The van der Waals surface area contributed by atoms with E-state index >= 15 is 0 Å². The summed E-state index contributed by atoms with van der Waals surface area (Å²) in [6.45, 7) is 6.43. The molecular formula is C14H22N2O3. The Bertz CT molecular complexity index is 419. The summed E-state index contributed by atoms with van der Waals surface area (Å²) in [4.78, 5) is 11.6. The van der Waals surface area contributed by atoms with Crippen molar-refractivity contribution in [3.63, 3.8) is 0 Å². The van der Waals surface area contributed by atoms with Crippen LogP contribution in [-0.4, -0.2) is 19.1 Å². The van der Waals surface area contributed by atoms with Gasteiger partial charge in [-0.1, -0.05) is 19.1 Å². The Hall–Kier alpha value is -1.75. The lowest BCUT2D eigenvalue weighted by Gasteiger charge is -2.23. The number of rotatable bonds is 7. The van der Waals surface area contributed by atoms with Gasteiger partial charge in [-0.05, 0) is 32.4 Å². The van der Waals surface area contributed by atoms with Gasteiger partial charge in [0.05, 0.1) is 12.0 Å². The number of hydrazine groups is 1. The summed E-state index contributed by atoms with van der Waals surface area (Å²) in [5.74, 6) is 6.20. The van der Waals surface area contributed by atoms with E-state index in [0.29, 0.717) is 18.1 Å². The number of nitrogens with two attached hydrogens (primary N) is 1. The predicted octanol–water partition coefficient (Wildman–Crippen LogP) is 1.87. The summed E-state index contributed by atoms with van der Waals surface area (Å²) in [5.41, 5.74) is 1.44. The SMILES string of the molecule is CCCOc1ccccc1OCC(C)(C)C(=O)NN. The van der Waals surface area contributed by atoms with Crippen molar-refractivity contribution in [3.05, 3.63) is 24.3 Å². The Labute approximate surface area is 114 Å². The Morgan fingerprint density at radius 3 is 2.37 bits per heavy atom. The fourth-order valence-corrected chi connectivity index (χ4v) is 1.42. The molecule has 0 bridgehead atoms. The molecule has 1 amide bonds. The highest BCUT2D eigenvalue weighted by molar-refractivity contribution is 5.81. The van der Waals surface area contributed by atoms with Crippen molar-refractivity contribution in [1.29, 1.82) is 0 Å². The average Bonchev–Trinajstić information content (AvgIpc) is 2.42. The molecule has 0 unspecified atom stereocenters. The van der Waals surface area contributed by atoms with Crippen LogP contribution in [0.5, 0.6) is 11.5 Å². The molecule has 0 radical (unpaired) electrons. The first-order chi connectivity index (χ1) is 9.01. The van der Waals surface area contributed by atoms with Crippen molar-refractivity contribution < 1.29 is 14.3 Å². The second-order valence-corrected chi connectivity index (χ2v) is 4.94. The lowest BCUT2D eigenvalue weighted by molar-refractivity contribution is -0.130. The first-order valence-electron chi connectivity index (χ1n) is 6.37. The highest BCUT2D eigenvalue weighted by Gasteiger charge is 2.28. The highest BCUT2D eigenvalue weighted by atomic mass is 16.5. The third-order valence-corrected chi connectivity index (χ3v) is 2.65. The molecule has 0 aliphatic carbocycles. The summed E-state index contributed by atoms with van der Waals surface area (Å²) >= 11 is 0. The zero-order valence-corrected chi connectivity index (χ0v) is 11.7. The van der Waals surface area contributed by atoms with E-state index in [0.717, 1.165) is 6.42 Å². The maximum Gasteiger partial charge on any atom is 0.242 e. The maximum absolute atomic E-state index is 11.6. The zero-order valence-electron chi connectivity index (χ0n) is 11.7. The second kappa shape index (κ2) is 6.99. The zero-order chi connectivity index (χ0) is 14.3. The monoisotopic (exact) mass is 266 g/mol. The van der Waals surface area contributed by atoms with Gasteiger partial charge in [-0.15, -0.1) is 0 Å². The molecule has 0 saturated heterocycles. The summed E-state index contributed by atoms with van der Waals surface area (Å²) in [5, 5.41) is 0. The number of benzene rings is 1. The Balaban J connectivity index is 2.69. The van der Waals surface area contributed by atoms with Crippen molar-refractivity contribution in [2.75, 3.05) is 13.2 Å². The third-order valence-electron chi connectivity index (χ3n) is 2.65. The lowest BCUT2D eigenvalue weighted by atomic mass is 9.94. The normalized spacial score (nSPS) is 10.9. The minimum absolute atomic E-state index is 0.225. The Morgan fingerprint density at radius 1 is 1.26 bits per heavy atom. The van der Waals surface area contributed by atoms with Crippen molar-refractivity contribution in [2.45, 2.75) is 27.2 Å². The predicted molar refractivity (Wildman–Crippen MR) is 73.8 cm³/mol. The van der Waals surface area contributed by atoms with Gasteiger partial charge in [0.15, 0.2) is 11.5 Å². The molecule has 1 aromatic carbocycles. The maximum atomic E-state index is 11.6. The number of carbonyl (C=O) groups is 1. The van der Waals surface area contributed by atoms with Gasteiger partial charge in [0.2, 0.25) is 5.91 Å². The molecule has 0 saturated carbocycles. The third kappa shape index (κ3) is 4.44. The van der Waals surface area contributed by atoms with Crippen LogP contribution in [0, 0.1) is 5.41 Å². The largest absolute Gasteiger partial charge is 0.490 e. The molecule has 3 N–H and O–H groups in total. The van der Waals surface area contributed by atoms with Crippen molar-refractivity contribution in [3.8, 4) is 11.5 Å². The van der Waals surface area contributed by atoms with E-state index < -0.39 is 5.41 Å². The van der Waals surface area contributed by atoms with Gasteiger partial charge in [-0.2, -0.15) is 0 Å². The van der Waals surface area contributed by atoms with Crippen LogP contribution in [0.15, 0.2) is 24.3 Å². The second-order valence-electron chi connectivity index (χ2n) is 4.94. The van der Waals surface area contributed by atoms with Gasteiger partial charge in [0.1, 0.15) is 6.61 Å². The molecule has 1 rings (SSSR count). The Kier molecular flexibility index (Phi) is 5.63.